The molecule has 0 radical (unpaired) electrons. The first kappa shape index (κ1) is 20.4. The van der Waals surface area contributed by atoms with Crippen LogP contribution in [0.1, 0.15) is 56.5 Å². The molecule has 1 aromatic carbocycles. The Morgan fingerprint density at radius 1 is 1.25 bits per heavy atom. The fourth-order valence-electron chi connectivity index (χ4n) is 3.45. The van der Waals surface area contributed by atoms with Gasteiger partial charge in [-0.15, -0.1) is 0 Å². The summed E-state index contributed by atoms with van der Waals surface area (Å²) >= 11 is 0. The van der Waals surface area contributed by atoms with Crippen LogP contribution in [0.4, 0.5) is 0 Å². The van der Waals surface area contributed by atoms with E-state index in [2.05, 4.69) is 0 Å². The van der Waals surface area contributed by atoms with Gasteiger partial charge in [0, 0.05) is 18.5 Å². The van der Waals surface area contributed by atoms with Crippen LogP contribution in [0.15, 0.2) is 18.2 Å². The normalized spacial score (nSPS) is 20.9. The van der Waals surface area contributed by atoms with Crippen molar-refractivity contribution in [1.29, 1.82) is 0 Å². The van der Waals surface area contributed by atoms with Crippen molar-refractivity contribution >= 4 is 30.4 Å². The maximum atomic E-state index is 12.7. The average Bonchev–Trinajstić information content (AvgIpc) is 3.00. The Morgan fingerprint density at radius 2 is 1.86 bits per heavy atom. The van der Waals surface area contributed by atoms with Crippen molar-refractivity contribution in [3.8, 4) is 0 Å². The van der Waals surface area contributed by atoms with Crippen LogP contribution in [0.5, 0.6) is 0 Å². The van der Waals surface area contributed by atoms with Crippen LogP contribution < -0.4 is 11.2 Å². The van der Waals surface area contributed by atoms with Crippen LogP contribution in [0.2, 0.25) is 0 Å². The summed E-state index contributed by atoms with van der Waals surface area (Å²) in [6, 6.07) is 4.34. The maximum Gasteiger partial charge on any atom is 0.494 e. The van der Waals surface area contributed by atoms with Crippen LogP contribution in [0.25, 0.3) is 0 Å². The Labute approximate surface area is 164 Å². The molecule has 1 fully saturated rings. The van der Waals surface area contributed by atoms with Crippen molar-refractivity contribution < 1.29 is 28.8 Å². The summed E-state index contributed by atoms with van der Waals surface area (Å²) in [5, 5.41) is 8.89. The Hall–Kier alpha value is -2.39. The Bertz CT molecular complexity index is 822. The second-order valence-electron chi connectivity index (χ2n) is 8.29. The molecule has 1 atom stereocenters. The lowest BCUT2D eigenvalue weighted by Crippen LogP contribution is -2.45. The molecule has 0 bridgehead atoms. The Morgan fingerprint density at radius 3 is 2.39 bits per heavy atom. The number of benzene rings is 1. The molecule has 0 unspecified atom stereocenters. The molecule has 150 valence electrons. The highest BCUT2D eigenvalue weighted by Crippen LogP contribution is 2.37. The summed E-state index contributed by atoms with van der Waals surface area (Å²) in [4.78, 5) is 36.7. The van der Waals surface area contributed by atoms with Gasteiger partial charge in [-0.2, -0.15) is 0 Å². The molecule has 9 heteroatoms. The number of primary amides is 1. The minimum absolute atomic E-state index is 0.0194. The van der Waals surface area contributed by atoms with Crippen LogP contribution >= 0.6 is 0 Å². The van der Waals surface area contributed by atoms with E-state index in [1.54, 1.807) is 12.1 Å². The van der Waals surface area contributed by atoms with E-state index in [0.29, 0.717) is 5.56 Å². The van der Waals surface area contributed by atoms with Gasteiger partial charge in [-0.3, -0.25) is 14.4 Å². The van der Waals surface area contributed by atoms with Gasteiger partial charge in [0.15, 0.2) is 0 Å². The summed E-state index contributed by atoms with van der Waals surface area (Å²) in [6.07, 6.45) is -0.263. The lowest BCUT2D eigenvalue weighted by Gasteiger charge is -2.32. The Kier molecular flexibility index (Phi) is 5.01. The van der Waals surface area contributed by atoms with Crippen LogP contribution in [-0.4, -0.2) is 52.2 Å². The number of nitrogens with two attached hydrogens (primary N) is 1. The SMILES string of the molecule is CC1(C)OB(c2ccc3c(c2)CN([C@@H](CCC(=O)O)C(N)=O)C3=O)OC1(C)C. The second-order valence-corrected chi connectivity index (χ2v) is 8.29. The molecule has 0 aliphatic carbocycles. The van der Waals surface area contributed by atoms with Gasteiger partial charge in [-0.1, -0.05) is 12.1 Å². The number of fused-ring (bicyclic) bond motifs is 1. The largest absolute Gasteiger partial charge is 0.494 e. The van der Waals surface area contributed by atoms with Crippen molar-refractivity contribution in [3.05, 3.63) is 29.3 Å². The van der Waals surface area contributed by atoms with Crippen molar-refractivity contribution in [3.63, 3.8) is 0 Å². The van der Waals surface area contributed by atoms with Crippen molar-refractivity contribution in [2.24, 2.45) is 5.73 Å². The monoisotopic (exact) mass is 388 g/mol. The van der Waals surface area contributed by atoms with Crippen molar-refractivity contribution in [1.82, 2.24) is 4.90 Å². The zero-order chi connectivity index (χ0) is 20.9. The van der Waals surface area contributed by atoms with Crippen molar-refractivity contribution in [2.45, 2.75) is 64.3 Å². The number of amides is 2. The number of hydrogen-bond acceptors (Lipinski definition) is 5. The standard InChI is InChI=1S/C19H25BN2O6/c1-18(2)19(3,4)28-20(27-18)12-5-6-13-11(9-12)10-22(17(13)26)14(16(21)25)7-8-15(23)24/h5-6,9,14H,7-8,10H2,1-4H3,(H2,21,25)(H,23,24)/t14-/m0/s1. The highest BCUT2D eigenvalue weighted by atomic mass is 16.7. The predicted molar refractivity (Wildman–Crippen MR) is 102 cm³/mol. The minimum Gasteiger partial charge on any atom is -0.481 e. The van der Waals surface area contributed by atoms with Crippen LogP contribution in [0, 0.1) is 0 Å². The molecule has 1 saturated heterocycles. The highest BCUT2D eigenvalue weighted by Gasteiger charge is 2.52. The van der Waals surface area contributed by atoms with E-state index in [0.717, 1.165) is 11.0 Å². The zero-order valence-corrected chi connectivity index (χ0v) is 16.5. The molecule has 3 rings (SSSR count). The van der Waals surface area contributed by atoms with Gasteiger partial charge < -0.3 is 25.0 Å². The van der Waals surface area contributed by atoms with Gasteiger partial charge in [-0.25, -0.2) is 0 Å². The highest BCUT2D eigenvalue weighted by molar-refractivity contribution is 6.62. The quantitative estimate of drug-likeness (QED) is 0.691. The number of carboxylic acids is 1. The molecule has 2 aliphatic rings. The molecular weight excluding hydrogens is 363 g/mol. The second kappa shape index (κ2) is 6.90. The minimum atomic E-state index is -1.04. The lowest BCUT2D eigenvalue weighted by molar-refractivity contribution is -0.137. The van der Waals surface area contributed by atoms with E-state index in [1.165, 1.54) is 4.90 Å². The van der Waals surface area contributed by atoms with E-state index < -0.39 is 36.2 Å². The first-order valence-corrected chi connectivity index (χ1v) is 9.23. The van der Waals surface area contributed by atoms with E-state index in [-0.39, 0.29) is 25.3 Å². The molecule has 3 N–H and O–H groups in total. The number of hydrogen-bond donors (Lipinski definition) is 2. The molecular formula is C19H25BN2O6. The van der Waals surface area contributed by atoms with Gasteiger partial charge >= 0.3 is 13.1 Å². The van der Waals surface area contributed by atoms with Gasteiger partial charge in [0.2, 0.25) is 5.91 Å². The topological polar surface area (TPSA) is 119 Å². The van der Waals surface area contributed by atoms with E-state index in [9.17, 15) is 14.4 Å². The smallest absolute Gasteiger partial charge is 0.481 e. The molecule has 2 amide bonds. The van der Waals surface area contributed by atoms with Crippen LogP contribution in [-0.2, 0) is 25.4 Å². The molecule has 2 aliphatic heterocycles. The number of nitrogens with zero attached hydrogens (tertiary/aromatic N) is 1. The fourth-order valence-corrected chi connectivity index (χ4v) is 3.45. The first-order valence-electron chi connectivity index (χ1n) is 9.23. The number of carboxylic acid groups (broad SMARTS) is 1. The third-order valence-electron chi connectivity index (χ3n) is 5.82. The molecule has 28 heavy (non-hydrogen) atoms. The van der Waals surface area contributed by atoms with Gasteiger partial charge in [0.05, 0.1) is 11.2 Å². The maximum absolute atomic E-state index is 12.7. The summed E-state index contributed by atoms with van der Waals surface area (Å²) in [7, 11) is -0.557. The molecule has 8 nitrogen and oxygen atoms in total. The molecule has 2 heterocycles. The predicted octanol–water partition coefficient (Wildman–Crippen LogP) is 0.660. The van der Waals surface area contributed by atoms with Gasteiger partial charge in [0.1, 0.15) is 6.04 Å². The summed E-state index contributed by atoms with van der Waals surface area (Å²) in [5.41, 5.74) is 6.46. The third-order valence-corrected chi connectivity index (χ3v) is 5.82. The average molecular weight is 388 g/mol. The molecule has 0 spiro atoms. The third kappa shape index (κ3) is 3.52. The molecule has 1 aromatic rings. The summed E-state index contributed by atoms with van der Waals surface area (Å²) in [5.74, 6) is -2.09. The Balaban J connectivity index is 1.83. The first-order chi connectivity index (χ1) is 12.9. The molecule has 0 aromatic heterocycles. The summed E-state index contributed by atoms with van der Waals surface area (Å²) < 4.78 is 12.1. The van der Waals surface area contributed by atoms with E-state index in [1.807, 2.05) is 33.8 Å². The lowest BCUT2D eigenvalue weighted by atomic mass is 9.78. The van der Waals surface area contributed by atoms with E-state index in [4.69, 9.17) is 20.1 Å². The van der Waals surface area contributed by atoms with Crippen LogP contribution in [0.3, 0.4) is 0 Å². The van der Waals surface area contributed by atoms with Gasteiger partial charge in [0.25, 0.3) is 5.91 Å². The van der Waals surface area contributed by atoms with E-state index >= 15 is 0 Å². The number of rotatable bonds is 6. The number of aliphatic carboxylic acids is 1. The zero-order valence-electron chi connectivity index (χ0n) is 16.5. The van der Waals surface area contributed by atoms with Crippen molar-refractivity contribution in [2.75, 3.05) is 0 Å². The number of carbonyl (C=O) groups is 3. The number of carbonyl (C=O) groups excluding carboxylic acids is 2. The molecule has 0 saturated carbocycles. The van der Waals surface area contributed by atoms with Gasteiger partial charge in [-0.05, 0) is 51.2 Å². The summed E-state index contributed by atoms with van der Waals surface area (Å²) in [6.45, 7) is 8.04. The fraction of sp³-hybridized carbons (Fsp3) is 0.526.